The van der Waals surface area contributed by atoms with Crippen LogP contribution >= 0.6 is 0 Å². The first-order chi connectivity index (χ1) is 10.2. The second kappa shape index (κ2) is 5.99. The molecule has 0 bridgehead atoms. The summed E-state index contributed by atoms with van der Waals surface area (Å²) in [4.78, 5) is 18.3. The van der Waals surface area contributed by atoms with Crippen LogP contribution in [0.4, 0.5) is 10.5 Å². The highest BCUT2D eigenvalue weighted by molar-refractivity contribution is 5.80. The molecule has 0 unspecified atom stereocenters. The third-order valence-electron chi connectivity index (χ3n) is 3.53. The van der Waals surface area contributed by atoms with Crippen LogP contribution in [0.15, 0.2) is 12.1 Å². The van der Waals surface area contributed by atoms with Crippen molar-refractivity contribution in [2.24, 2.45) is 0 Å². The molecule has 1 amide bonds. The van der Waals surface area contributed by atoms with Crippen LogP contribution < -0.4 is 5.73 Å². The van der Waals surface area contributed by atoms with E-state index in [0.29, 0.717) is 18.8 Å². The largest absolute Gasteiger partial charge is 0.444 e. The molecule has 1 aliphatic rings. The molecule has 1 aliphatic heterocycles. The van der Waals surface area contributed by atoms with Crippen LogP contribution in [0.1, 0.15) is 44.1 Å². The molecule has 120 valence electrons. The molecule has 5 nitrogen and oxygen atoms in total. The van der Waals surface area contributed by atoms with Crippen molar-refractivity contribution in [2.45, 2.75) is 46.6 Å². The quantitative estimate of drug-likeness (QED) is 0.864. The highest BCUT2D eigenvalue weighted by Gasteiger charge is 2.25. The lowest BCUT2D eigenvalue weighted by molar-refractivity contribution is 0.0273. The molecule has 2 N–H and O–H groups in total. The highest BCUT2D eigenvalue weighted by atomic mass is 16.6. The molecule has 1 aromatic rings. The van der Waals surface area contributed by atoms with Crippen molar-refractivity contribution in [1.29, 1.82) is 0 Å². The Morgan fingerprint density at radius 3 is 2.68 bits per heavy atom. The van der Waals surface area contributed by atoms with Gasteiger partial charge in [-0.1, -0.05) is 6.08 Å². The molecule has 0 aromatic carbocycles. The van der Waals surface area contributed by atoms with Crippen molar-refractivity contribution >= 4 is 17.4 Å². The maximum atomic E-state index is 12.2. The fourth-order valence-corrected chi connectivity index (χ4v) is 2.53. The van der Waals surface area contributed by atoms with Gasteiger partial charge in [0.05, 0.1) is 11.4 Å². The van der Waals surface area contributed by atoms with Gasteiger partial charge >= 0.3 is 6.09 Å². The van der Waals surface area contributed by atoms with E-state index in [1.807, 2.05) is 40.7 Å². The Morgan fingerprint density at radius 2 is 2.05 bits per heavy atom. The second-order valence-corrected chi connectivity index (χ2v) is 6.73. The fraction of sp³-hybridized carbons (Fsp3) is 0.529. The molecule has 5 heteroatoms. The predicted octanol–water partition coefficient (Wildman–Crippen LogP) is 3.30. The molecule has 0 radical (unpaired) electrons. The third kappa shape index (κ3) is 3.78. The number of nitrogen functional groups attached to an aromatic ring is 1. The van der Waals surface area contributed by atoms with E-state index in [4.69, 9.17) is 10.5 Å². The average Bonchev–Trinajstić information content (AvgIpc) is 2.41. The number of aromatic nitrogens is 1. The Labute approximate surface area is 132 Å². The zero-order chi connectivity index (χ0) is 16.5. The molecule has 22 heavy (non-hydrogen) atoms. The number of nitrogens with two attached hydrogens (primary N) is 1. The van der Waals surface area contributed by atoms with Crippen LogP contribution in [-0.2, 0) is 4.74 Å². The second-order valence-electron chi connectivity index (χ2n) is 6.73. The molecule has 0 aliphatic carbocycles. The Morgan fingerprint density at radius 1 is 1.36 bits per heavy atom. The number of nitrogens with zero attached hydrogens (tertiary/aromatic N) is 2. The number of carbonyl (C=O) groups excluding carboxylic acids is 1. The normalized spacial score (nSPS) is 15.5. The molecule has 0 saturated carbocycles. The van der Waals surface area contributed by atoms with Gasteiger partial charge in [0.1, 0.15) is 5.60 Å². The van der Waals surface area contributed by atoms with Gasteiger partial charge in [-0.15, -0.1) is 0 Å². The maximum Gasteiger partial charge on any atom is 0.410 e. The number of ether oxygens (including phenoxy) is 1. The Balaban J connectivity index is 2.21. The van der Waals surface area contributed by atoms with Crippen molar-refractivity contribution in [3.8, 4) is 0 Å². The number of hydrogen-bond acceptors (Lipinski definition) is 4. The molecule has 2 heterocycles. The van der Waals surface area contributed by atoms with E-state index < -0.39 is 5.60 Å². The summed E-state index contributed by atoms with van der Waals surface area (Å²) in [5.41, 5.74) is 10.1. The monoisotopic (exact) mass is 303 g/mol. The summed E-state index contributed by atoms with van der Waals surface area (Å²) < 4.78 is 5.46. The minimum Gasteiger partial charge on any atom is -0.444 e. The van der Waals surface area contributed by atoms with Crippen molar-refractivity contribution in [1.82, 2.24) is 9.88 Å². The summed E-state index contributed by atoms with van der Waals surface area (Å²) in [7, 11) is 0. The molecular formula is C17H25N3O2. The van der Waals surface area contributed by atoms with E-state index in [2.05, 4.69) is 11.1 Å². The first kappa shape index (κ1) is 16.3. The van der Waals surface area contributed by atoms with Gasteiger partial charge in [0.2, 0.25) is 0 Å². The third-order valence-corrected chi connectivity index (χ3v) is 3.53. The molecule has 1 aromatic heterocycles. The summed E-state index contributed by atoms with van der Waals surface area (Å²) in [6.45, 7) is 10.7. The fourth-order valence-electron chi connectivity index (χ4n) is 2.53. The van der Waals surface area contributed by atoms with Crippen LogP contribution in [0, 0.1) is 13.8 Å². The topological polar surface area (TPSA) is 68.5 Å². The van der Waals surface area contributed by atoms with Crippen LogP contribution in [-0.4, -0.2) is 34.7 Å². The summed E-state index contributed by atoms with van der Waals surface area (Å²) in [5, 5.41) is 0. The van der Waals surface area contributed by atoms with Crippen molar-refractivity contribution in [2.75, 3.05) is 18.8 Å². The number of hydrogen-bond donors (Lipinski definition) is 1. The Bertz CT molecular complexity index is 615. The molecule has 0 saturated heterocycles. The summed E-state index contributed by atoms with van der Waals surface area (Å²) in [6, 6.07) is 1.98. The van der Waals surface area contributed by atoms with Gasteiger partial charge in [-0.2, -0.15) is 0 Å². The summed E-state index contributed by atoms with van der Waals surface area (Å²) in [5.74, 6) is 0. The minimum atomic E-state index is -0.485. The van der Waals surface area contributed by atoms with Gasteiger partial charge in [0, 0.05) is 24.3 Å². The van der Waals surface area contributed by atoms with Gasteiger partial charge in [0.15, 0.2) is 0 Å². The average molecular weight is 303 g/mol. The molecule has 2 rings (SSSR count). The lowest BCUT2D eigenvalue weighted by Crippen LogP contribution is -2.39. The van der Waals surface area contributed by atoms with Gasteiger partial charge in [-0.25, -0.2) is 4.79 Å². The smallest absolute Gasteiger partial charge is 0.410 e. The zero-order valence-electron chi connectivity index (χ0n) is 14.1. The van der Waals surface area contributed by atoms with Crippen LogP contribution in [0.3, 0.4) is 0 Å². The van der Waals surface area contributed by atoms with E-state index in [9.17, 15) is 4.79 Å². The van der Waals surface area contributed by atoms with Gasteiger partial charge in [0.25, 0.3) is 0 Å². The van der Waals surface area contributed by atoms with Crippen LogP contribution in [0.2, 0.25) is 0 Å². The first-order valence-corrected chi connectivity index (χ1v) is 7.58. The number of anilines is 1. The number of amides is 1. The maximum absolute atomic E-state index is 12.2. The van der Waals surface area contributed by atoms with Crippen molar-refractivity contribution in [3.05, 3.63) is 29.1 Å². The Hall–Kier alpha value is -2.04. The van der Waals surface area contributed by atoms with E-state index in [-0.39, 0.29) is 6.09 Å². The molecule has 0 fully saturated rings. The SMILES string of the molecule is Cc1cc(C2=CCCN(C(=O)OC(C)(C)C)C2)c(N)c(C)n1. The van der Waals surface area contributed by atoms with E-state index in [1.165, 1.54) is 0 Å². The highest BCUT2D eigenvalue weighted by Crippen LogP contribution is 2.28. The number of pyridine rings is 1. The van der Waals surface area contributed by atoms with Gasteiger partial charge in [-0.3, -0.25) is 4.98 Å². The van der Waals surface area contributed by atoms with E-state index in [1.54, 1.807) is 4.90 Å². The van der Waals surface area contributed by atoms with Crippen molar-refractivity contribution in [3.63, 3.8) is 0 Å². The predicted molar refractivity (Wildman–Crippen MR) is 88.5 cm³/mol. The number of aryl methyl sites for hydroxylation is 2. The van der Waals surface area contributed by atoms with Crippen LogP contribution in [0.5, 0.6) is 0 Å². The molecule has 0 atom stereocenters. The van der Waals surface area contributed by atoms with E-state index >= 15 is 0 Å². The molecule has 0 spiro atoms. The Kier molecular flexibility index (Phi) is 4.44. The van der Waals surface area contributed by atoms with E-state index in [0.717, 1.165) is 28.9 Å². The van der Waals surface area contributed by atoms with Gasteiger partial charge < -0.3 is 15.4 Å². The summed E-state index contributed by atoms with van der Waals surface area (Å²) >= 11 is 0. The summed E-state index contributed by atoms with van der Waals surface area (Å²) in [6.07, 6.45) is 2.67. The lowest BCUT2D eigenvalue weighted by atomic mass is 9.99. The number of carbonyl (C=O) groups is 1. The minimum absolute atomic E-state index is 0.279. The lowest BCUT2D eigenvalue weighted by Gasteiger charge is -2.30. The standard InChI is InChI=1S/C17H25N3O2/c1-11-9-14(15(18)12(2)19-11)13-7-6-8-20(10-13)16(21)22-17(3,4)5/h7,9H,6,8,10,18H2,1-5H3. The molecular weight excluding hydrogens is 278 g/mol. The number of rotatable bonds is 1. The van der Waals surface area contributed by atoms with Crippen LogP contribution in [0.25, 0.3) is 5.57 Å². The first-order valence-electron chi connectivity index (χ1n) is 7.58. The van der Waals surface area contributed by atoms with Crippen molar-refractivity contribution < 1.29 is 9.53 Å². The van der Waals surface area contributed by atoms with Gasteiger partial charge in [-0.05, 0) is 52.7 Å². The zero-order valence-corrected chi connectivity index (χ0v) is 14.1.